The van der Waals surface area contributed by atoms with Gasteiger partial charge in [0, 0.05) is 6.92 Å². The molecule has 0 unspecified atom stereocenters. The van der Waals surface area contributed by atoms with Crippen molar-refractivity contribution in [1.29, 1.82) is 0 Å². The van der Waals surface area contributed by atoms with E-state index in [4.69, 9.17) is 9.52 Å². The first-order chi connectivity index (χ1) is 9.35. The lowest BCUT2D eigenvalue weighted by Crippen LogP contribution is -2.15. The maximum Gasteiger partial charge on any atom is 0.335 e. The summed E-state index contributed by atoms with van der Waals surface area (Å²) in [6, 6.07) is 5.34. The van der Waals surface area contributed by atoms with Crippen LogP contribution in [0.15, 0.2) is 28.7 Å². The topological polar surface area (TPSA) is 122 Å². The van der Waals surface area contributed by atoms with Gasteiger partial charge in [-0.1, -0.05) is 17.2 Å². The van der Waals surface area contributed by atoms with Gasteiger partial charge in [-0.2, -0.15) is 0 Å². The zero-order chi connectivity index (χ0) is 14.8. The van der Waals surface area contributed by atoms with E-state index in [2.05, 4.69) is 14.9 Å². The van der Waals surface area contributed by atoms with Gasteiger partial charge in [0.05, 0.1) is 11.3 Å². The fourth-order valence-electron chi connectivity index (χ4n) is 1.47. The van der Waals surface area contributed by atoms with Gasteiger partial charge in [-0.05, 0) is 17.7 Å². The molecule has 0 saturated heterocycles. The molecule has 2 rings (SSSR count). The van der Waals surface area contributed by atoms with Gasteiger partial charge in [0.2, 0.25) is 15.9 Å². The van der Waals surface area contributed by atoms with E-state index in [1.807, 2.05) is 0 Å². The number of hydrogen-bond acceptors (Lipinski definition) is 6. The van der Waals surface area contributed by atoms with Gasteiger partial charge in [0.25, 0.3) is 0 Å². The number of aromatic nitrogens is 2. The first-order valence-electron chi connectivity index (χ1n) is 5.48. The Bertz CT molecular complexity index is 721. The Kier molecular flexibility index (Phi) is 3.70. The van der Waals surface area contributed by atoms with Crippen LogP contribution in [0.5, 0.6) is 0 Å². The Balaban J connectivity index is 2.09. The highest BCUT2D eigenvalue weighted by Crippen LogP contribution is 2.12. The molecule has 8 nitrogen and oxygen atoms in total. The number of aryl methyl sites for hydroxylation is 1. The van der Waals surface area contributed by atoms with E-state index in [0.717, 1.165) is 0 Å². The predicted octanol–water partition coefficient (Wildman–Crippen LogP) is 1.02. The molecule has 0 spiro atoms. The summed E-state index contributed by atoms with van der Waals surface area (Å²) in [6.45, 7) is 1.54. The second-order valence-electron chi connectivity index (χ2n) is 3.99. The van der Waals surface area contributed by atoms with Crippen molar-refractivity contribution in [2.24, 2.45) is 0 Å². The Morgan fingerprint density at radius 2 is 1.95 bits per heavy atom. The number of sulfonamides is 1. The number of nitrogens with one attached hydrogen (secondary N) is 1. The van der Waals surface area contributed by atoms with Gasteiger partial charge >= 0.3 is 12.0 Å². The number of rotatable bonds is 5. The molecule has 0 bridgehead atoms. The lowest BCUT2D eigenvalue weighted by Gasteiger charge is -2.04. The second kappa shape index (κ2) is 5.29. The van der Waals surface area contributed by atoms with Crippen molar-refractivity contribution >= 4 is 22.0 Å². The Labute approximate surface area is 114 Å². The van der Waals surface area contributed by atoms with Crippen molar-refractivity contribution in [1.82, 2.24) is 10.2 Å². The summed E-state index contributed by atoms with van der Waals surface area (Å²) in [4.78, 5) is 10.7. The van der Waals surface area contributed by atoms with Crippen molar-refractivity contribution in [3.8, 4) is 0 Å². The summed E-state index contributed by atoms with van der Waals surface area (Å²) in [5.74, 6) is -1.15. The molecule has 2 aromatic rings. The van der Waals surface area contributed by atoms with Crippen LogP contribution in [0.25, 0.3) is 0 Å². The van der Waals surface area contributed by atoms with Gasteiger partial charge in [-0.15, -0.1) is 5.10 Å². The molecule has 0 amide bonds. The summed E-state index contributed by atoms with van der Waals surface area (Å²) in [6.07, 6.45) is 0. The molecule has 20 heavy (non-hydrogen) atoms. The highest BCUT2D eigenvalue weighted by atomic mass is 32.2. The van der Waals surface area contributed by atoms with E-state index in [0.29, 0.717) is 5.56 Å². The average molecular weight is 297 g/mol. The fraction of sp³-hybridized carbons (Fsp3) is 0.182. The highest BCUT2D eigenvalue weighted by Gasteiger charge is 2.15. The number of benzene rings is 1. The van der Waals surface area contributed by atoms with Gasteiger partial charge in [-0.25, -0.2) is 17.9 Å². The monoisotopic (exact) mass is 297 g/mol. The molecule has 0 fully saturated rings. The number of carbonyl (C=O) groups is 1. The van der Waals surface area contributed by atoms with Crippen LogP contribution >= 0.6 is 0 Å². The fourth-order valence-corrected chi connectivity index (χ4v) is 2.52. The first kappa shape index (κ1) is 14.0. The van der Waals surface area contributed by atoms with Gasteiger partial charge in [0.1, 0.15) is 0 Å². The second-order valence-corrected chi connectivity index (χ2v) is 5.71. The maximum atomic E-state index is 11.8. The molecule has 2 N–H and O–H groups in total. The number of anilines is 1. The van der Waals surface area contributed by atoms with Crippen LogP contribution in [0, 0.1) is 6.92 Å². The predicted molar refractivity (Wildman–Crippen MR) is 68.7 cm³/mol. The van der Waals surface area contributed by atoms with Crippen LogP contribution in [-0.4, -0.2) is 29.7 Å². The molecule has 0 atom stereocenters. The lowest BCUT2D eigenvalue weighted by molar-refractivity contribution is 0.0697. The Morgan fingerprint density at radius 3 is 2.45 bits per heavy atom. The van der Waals surface area contributed by atoms with E-state index in [9.17, 15) is 13.2 Å². The molecule has 1 aromatic carbocycles. The van der Waals surface area contributed by atoms with E-state index in [1.54, 1.807) is 0 Å². The van der Waals surface area contributed by atoms with Crippen LogP contribution in [0.1, 0.15) is 21.8 Å². The normalized spacial score (nSPS) is 11.2. The van der Waals surface area contributed by atoms with Crippen LogP contribution < -0.4 is 4.72 Å². The van der Waals surface area contributed by atoms with E-state index in [-0.39, 0.29) is 23.2 Å². The third-order valence-corrected chi connectivity index (χ3v) is 3.53. The third-order valence-electron chi connectivity index (χ3n) is 2.33. The van der Waals surface area contributed by atoms with Crippen LogP contribution in [0.3, 0.4) is 0 Å². The van der Waals surface area contributed by atoms with Crippen LogP contribution in [0.4, 0.5) is 6.01 Å². The van der Waals surface area contributed by atoms with Gasteiger partial charge in [0.15, 0.2) is 0 Å². The van der Waals surface area contributed by atoms with Crippen molar-refractivity contribution in [2.45, 2.75) is 12.7 Å². The standard InChI is InChI=1S/C11H11N3O5S/c1-7-12-13-11(19-7)14-20(17,18)6-8-2-4-9(5-3-8)10(15)16/h2-5H,6H2,1H3,(H,13,14)(H,15,16). The summed E-state index contributed by atoms with van der Waals surface area (Å²) < 4.78 is 30.7. The molecule has 9 heteroatoms. The molecule has 0 radical (unpaired) electrons. The third kappa shape index (κ3) is 3.54. The van der Waals surface area contributed by atoms with Crippen molar-refractivity contribution in [3.05, 3.63) is 41.3 Å². The van der Waals surface area contributed by atoms with E-state index >= 15 is 0 Å². The quantitative estimate of drug-likeness (QED) is 0.844. The smallest absolute Gasteiger partial charge is 0.335 e. The largest absolute Gasteiger partial charge is 0.478 e. The van der Waals surface area contributed by atoms with Crippen molar-refractivity contribution < 1.29 is 22.7 Å². The zero-order valence-electron chi connectivity index (χ0n) is 10.4. The lowest BCUT2D eigenvalue weighted by atomic mass is 10.1. The summed E-state index contributed by atoms with van der Waals surface area (Å²) in [5, 5.41) is 15.8. The minimum Gasteiger partial charge on any atom is -0.478 e. The number of hydrogen-bond donors (Lipinski definition) is 2. The Hall–Kier alpha value is -2.42. The molecule has 1 aromatic heterocycles. The van der Waals surface area contributed by atoms with E-state index in [1.165, 1.54) is 31.2 Å². The minimum absolute atomic E-state index is 0.0895. The molecule has 0 aliphatic heterocycles. The first-order valence-corrected chi connectivity index (χ1v) is 7.14. The number of aromatic carboxylic acids is 1. The van der Waals surface area contributed by atoms with Crippen molar-refractivity contribution in [2.75, 3.05) is 4.72 Å². The van der Waals surface area contributed by atoms with E-state index < -0.39 is 16.0 Å². The molecule has 0 aliphatic rings. The minimum atomic E-state index is -3.70. The summed E-state index contributed by atoms with van der Waals surface area (Å²) in [5.41, 5.74) is 0.533. The number of carboxylic acid groups (broad SMARTS) is 1. The number of carboxylic acids is 1. The molecule has 1 heterocycles. The van der Waals surface area contributed by atoms with Crippen molar-refractivity contribution in [3.63, 3.8) is 0 Å². The summed E-state index contributed by atoms with van der Waals surface area (Å²) in [7, 11) is -3.70. The SMILES string of the molecule is Cc1nnc(NS(=O)(=O)Cc2ccc(C(=O)O)cc2)o1. The molecule has 0 saturated carbocycles. The maximum absolute atomic E-state index is 11.8. The molecule has 0 aliphatic carbocycles. The van der Waals surface area contributed by atoms with Crippen LogP contribution in [0.2, 0.25) is 0 Å². The summed E-state index contributed by atoms with van der Waals surface area (Å²) >= 11 is 0. The van der Waals surface area contributed by atoms with Gasteiger partial charge in [-0.3, -0.25) is 0 Å². The highest BCUT2D eigenvalue weighted by molar-refractivity contribution is 7.91. The van der Waals surface area contributed by atoms with Crippen LogP contribution in [-0.2, 0) is 15.8 Å². The average Bonchev–Trinajstić information content (AvgIpc) is 2.73. The molecular weight excluding hydrogens is 286 g/mol. The van der Waals surface area contributed by atoms with Gasteiger partial charge < -0.3 is 9.52 Å². The molecule has 106 valence electrons. The number of nitrogens with zero attached hydrogens (tertiary/aromatic N) is 2. The zero-order valence-corrected chi connectivity index (χ0v) is 11.2. The molecular formula is C11H11N3O5S. The Morgan fingerprint density at radius 1 is 1.30 bits per heavy atom.